The molecule has 0 saturated carbocycles. The predicted octanol–water partition coefficient (Wildman–Crippen LogP) is 2.18. The minimum Gasteiger partial charge on any atom is -0.467 e. The zero-order valence-corrected chi connectivity index (χ0v) is 8.95. The minimum atomic E-state index is 0.299. The minimum absolute atomic E-state index is 0.299. The Morgan fingerprint density at radius 3 is 3.07 bits per heavy atom. The van der Waals surface area contributed by atoms with Gasteiger partial charge in [0.2, 0.25) is 0 Å². The highest BCUT2D eigenvalue weighted by atomic mass is 16.5. The first-order valence-corrected chi connectivity index (χ1v) is 5.11. The third-order valence-electron chi connectivity index (χ3n) is 2.13. The predicted molar refractivity (Wildman–Crippen MR) is 56.1 cm³/mol. The molecule has 0 aliphatic carbocycles. The van der Waals surface area contributed by atoms with E-state index in [-0.39, 0.29) is 0 Å². The molecule has 14 heavy (non-hydrogen) atoms. The zero-order valence-electron chi connectivity index (χ0n) is 8.95. The number of nitrogens with one attached hydrogen (secondary N) is 1. The molecule has 0 saturated heterocycles. The summed E-state index contributed by atoms with van der Waals surface area (Å²) in [6, 6.07) is 3.81. The van der Waals surface area contributed by atoms with E-state index < -0.39 is 0 Å². The first kappa shape index (κ1) is 11.3. The molecule has 0 aromatic carbocycles. The topological polar surface area (TPSA) is 34.4 Å². The van der Waals surface area contributed by atoms with Crippen LogP contribution in [-0.4, -0.2) is 19.7 Å². The van der Waals surface area contributed by atoms with Gasteiger partial charge in [-0.15, -0.1) is 0 Å². The summed E-state index contributed by atoms with van der Waals surface area (Å²) in [4.78, 5) is 0. The van der Waals surface area contributed by atoms with Crippen molar-refractivity contribution in [2.24, 2.45) is 0 Å². The van der Waals surface area contributed by atoms with Gasteiger partial charge in [0, 0.05) is 0 Å². The van der Waals surface area contributed by atoms with E-state index >= 15 is 0 Å². The Morgan fingerprint density at radius 1 is 1.57 bits per heavy atom. The first-order valence-electron chi connectivity index (χ1n) is 5.11. The van der Waals surface area contributed by atoms with Crippen molar-refractivity contribution in [2.45, 2.75) is 32.5 Å². The highest BCUT2D eigenvalue weighted by Gasteiger charge is 2.03. The molecule has 1 atom stereocenters. The molecule has 0 spiro atoms. The summed E-state index contributed by atoms with van der Waals surface area (Å²) in [5, 5.41) is 3.12. The highest BCUT2D eigenvalue weighted by molar-refractivity contribution is 4.96. The van der Waals surface area contributed by atoms with Gasteiger partial charge in [-0.25, -0.2) is 0 Å². The SMILES string of the molecule is CNCCCC(C)OCc1ccco1. The molecular formula is C11H19NO2. The van der Waals surface area contributed by atoms with Gasteiger partial charge in [0.05, 0.1) is 12.4 Å². The van der Waals surface area contributed by atoms with E-state index in [9.17, 15) is 0 Å². The third-order valence-corrected chi connectivity index (χ3v) is 2.13. The first-order chi connectivity index (χ1) is 6.83. The van der Waals surface area contributed by atoms with E-state index in [1.165, 1.54) is 0 Å². The van der Waals surface area contributed by atoms with Gasteiger partial charge in [-0.2, -0.15) is 0 Å². The van der Waals surface area contributed by atoms with Crippen molar-refractivity contribution >= 4 is 0 Å². The van der Waals surface area contributed by atoms with Crippen LogP contribution in [0.25, 0.3) is 0 Å². The lowest BCUT2D eigenvalue weighted by molar-refractivity contribution is 0.0366. The lowest BCUT2D eigenvalue weighted by Crippen LogP contribution is -2.13. The molecule has 1 heterocycles. The lowest BCUT2D eigenvalue weighted by atomic mass is 10.2. The summed E-state index contributed by atoms with van der Waals surface area (Å²) < 4.78 is 10.8. The van der Waals surface area contributed by atoms with Crippen molar-refractivity contribution in [1.29, 1.82) is 0 Å². The Bertz CT molecular complexity index is 221. The number of hydrogen-bond acceptors (Lipinski definition) is 3. The average Bonchev–Trinajstić information content (AvgIpc) is 2.68. The van der Waals surface area contributed by atoms with E-state index in [0.29, 0.717) is 12.7 Å². The maximum Gasteiger partial charge on any atom is 0.129 e. The van der Waals surface area contributed by atoms with Crippen molar-refractivity contribution in [3.05, 3.63) is 24.2 Å². The van der Waals surface area contributed by atoms with Crippen LogP contribution in [0.3, 0.4) is 0 Å². The van der Waals surface area contributed by atoms with Crippen LogP contribution in [-0.2, 0) is 11.3 Å². The second kappa shape index (κ2) is 6.62. The van der Waals surface area contributed by atoms with E-state index in [1.807, 2.05) is 19.2 Å². The number of rotatable bonds is 7. The second-order valence-corrected chi connectivity index (χ2v) is 3.45. The fourth-order valence-corrected chi connectivity index (χ4v) is 1.27. The fourth-order valence-electron chi connectivity index (χ4n) is 1.27. The summed E-state index contributed by atoms with van der Waals surface area (Å²) in [6.45, 7) is 3.72. The fraction of sp³-hybridized carbons (Fsp3) is 0.636. The van der Waals surface area contributed by atoms with Crippen LogP contribution in [0.5, 0.6) is 0 Å². The van der Waals surface area contributed by atoms with Crippen molar-refractivity contribution in [1.82, 2.24) is 5.32 Å². The largest absolute Gasteiger partial charge is 0.467 e. The van der Waals surface area contributed by atoms with Crippen molar-refractivity contribution in [2.75, 3.05) is 13.6 Å². The smallest absolute Gasteiger partial charge is 0.129 e. The molecule has 0 amide bonds. The Balaban J connectivity index is 2.06. The van der Waals surface area contributed by atoms with E-state index in [4.69, 9.17) is 9.15 Å². The van der Waals surface area contributed by atoms with Crippen LogP contribution in [0.15, 0.2) is 22.8 Å². The maximum absolute atomic E-state index is 5.61. The number of hydrogen-bond donors (Lipinski definition) is 1. The summed E-state index contributed by atoms with van der Waals surface area (Å²) >= 11 is 0. The second-order valence-electron chi connectivity index (χ2n) is 3.45. The molecule has 3 heteroatoms. The maximum atomic E-state index is 5.61. The highest BCUT2D eigenvalue weighted by Crippen LogP contribution is 2.07. The molecule has 1 aromatic rings. The molecule has 0 aliphatic rings. The van der Waals surface area contributed by atoms with Crippen molar-refractivity contribution < 1.29 is 9.15 Å². The molecule has 3 nitrogen and oxygen atoms in total. The van der Waals surface area contributed by atoms with E-state index in [0.717, 1.165) is 25.1 Å². The molecule has 1 unspecified atom stereocenters. The molecule has 1 N–H and O–H groups in total. The number of furan rings is 1. The van der Waals surface area contributed by atoms with Gasteiger partial charge in [-0.05, 0) is 45.5 Å². The van der Waals surface area contributed by atoms with Crippen LogP contribution in [0, 0.1) is 0 Å². The Labute approximate surface area is 85.4 Å². The quantitative estimate of drug-likeness (QED) is 0.680. The van der Waals surface area contributed by atoms with Crippen LogP contribution < -0.4 is 5.32 Å². The van der Waals surface area contributed by atoms with Gasteiger partial charge >= 0.3 is 0 Å². The Kier molecular flexibility index (Phi) is 5.33. The normalized spacial score (nSPS) is 13.0. The Morgan fingerprint density at radius 2 is 2.43 bits per heavy atom. The van der Waals surface area contributed by atoms with Gasteiger partial charge in [-0.1, -0.05) is 0 Å². The monoisotopic (exact) mass is 197 g/mol. The summed E-state index contributed by atoms with van der Waals surface area (Å²) in [6.07, 6.45) is 4.20. The van der Waals surface area contributed by atoms with Gasteiger partial charge in [0.15, 0.2) is 0 Å². The molecule has 0 fully saturated rings. The molecular weight excluding hydrogens is 178 g/mol. The van der Waals surface area contributed by atoms with Crippen LogP contribution in [0.2, 0.25) is 0 Å². The summed E-state index contributed by atoms with van der Waals surface area (Å²) in [5.41, 5.74) is 0. The van der Waals surface area contributed by atoms with Gasteiger partial charge in [0.25, 0.3) is 0 Å². The Hall–Kier alpha value is -0.800. The van der Waals surface area contributed by atoms with Crippen LogP contribution in [0.1, 0.15) is 25.5 Å². The van der Waals surface area contributed by atoms with E-state index in [1.54, 1.807) is 6.26 Å². The zero-order chi connectivity index (χ0) is 10.2. The summed E-state index contributed by atoms with van der Waals surface area (Å²) in [7, 11) is 1.97. The average molecular weight is 197 g/mol. The molecule has 1 aromatic heterocycles. The molecule has 80 valence electrons. The van der Waals surface area contributed by atoms with Crippen LogP contribution in [0.4, 0.5) is 0 Å². The molecule has 0 aliphatic heterocycles. The molecule has 0 radical (unpaired) electrons. The summed E-state index contributed by atoms with van der Waals surface area (Å²) in [5.74, 6) is 0.894. The van der Waals surface area contributed by atoms with Crippen molar-refractivity contribution in [3.63, 3.8) is 0 Å². The van der Waals surface area contributed by atoms with Gasteiger partial charge in [-0.3, -0.25) is 0 Å². The molecule has 0 bridgehead atoms. The standard InChI is InChI=1S/C11H19NO2/c1-10(5-3-7-12-2)14-9-11-6-4-8-13-11/h4,6,8,10,12H,3,5,7,9H2,1-2H3. The molecule has 1 rings (SSSR count). The number of ether oxygens (including phenoxy) is 1. The lowest BCUT2D eigenvalue weighted by Gasteiger charge is -2.11. The van der Waals surface area contributed by atoms with Crippen molar-refractivity contribution in [3.8, 4) is 0 Å². The van der Waals surface area contributed by atoms with Gasteiger partial charge < -0.3 is 14.5 Å². The third kappa shape index (κ3) is 4.44. The van der Waals surface area contributed by atoms with E-state index in [2.05, 4.69) is 12.2 Å². The van der Waals surface area contributed by atoms with Crippen LogP contribution >= 0.6 is 0 Å². The van der Waals surface area contributed by atoms with Gasteiger partial charge in [0.1, 0.15) is 12.4 Å².